The lowest BCUT2D eigenvalue weighted by molar-refractivity contribution is -0.123. The number of aromatic nitrogens is 1. The van der Waals surface area contributed by atoms with Crippen LogP contribution in [0.2, 0.25) is 0 Å². The first-order valence-corrected chi connectivity index (χ1v) is 12.8. The van der Waals surface area contributed by atoms with Crippen LogP contribution in [-0.2, 0) is 14.8 Å². The monoisotopic (exact) mass is 482 g/mol. The van der Waals surface area contributed by atoms with Crippen molar-refractivity contribution in [2.75, 3.05) is 32.7 Å². The van der Waals surface area contributed by atoms with E-state index in [1.54, 1.807) is 13.8 Å². The van der Waals surface area contributed by atoms with Gasteiger partial charge in [-0.1, -0.05) is 59.8 Å². The minimum Gasteiger partial charge on any atom is -0.360 e. The van der Waals surface area contributed by atoms with Gasteiger partial charge in [-0.2, -0.15) is 4.31 Å². The fraction of sp³-hybridized carbons (Fsp3) is 0.360. The summed E-state index contributed by atoms with van der Waals surface area (Å²) >= 11 is 0. The molecule has 34 heavy (non-hydrogen) atoms. The number of nitrogens with zero attached hydrogens (tertiary/aromatic N) is 3. The van der Waals surface area contributed by atoms with Crippen LogP contribution in [-0.4, -0.2) is 61.4 Å². The van der Waals surface area contributed by atoms with E-state index in [2.05, 4.69) is 34.7 Å². The summed E-state index contributed by atoms with van der Waals surface area (Å²) < 4.78 is 32.4. The van der Waals surface area contributed by atoms with Crippen molar-refractivity contribution in [3.05, 3.63) is 71.6 Å². The molecule has 0 saturated carbocycles. The SMILES string of the molecule is Cc1noc(C)c1S(=O)(=O)N1CCN(CC(=O)N[C@@H](C)c2ccc(-c3ccccc3)cc2)CC1. The first-order chi connectivity index (χ1) is 16.3. The lowest BCUT2D eigenvalue weighted by Gasteiger charge is -2.33. The molecular formula is C25H30N4O4S. The van der Waals surface area contributed by atoms with Crippen molar-refractivity contribution in [3.8, 4) is 11.1 Å². The van der Waals surface area contributed by atoms with Crippen LogP contribution in [0.3, 0.4) is 0 Å². The molecule has 3 aromatic rings. The zero-order chi connectivity index (χ0) is 24.3. The molecule has 180 valence electrons. The quantitative estimate of drug-likeness (QED) is 0.556. The van der Waals surface area contributed by atoms with Gasteiger partial charge in [0.1, 0.15) is 10.6 Å². The van der Waals surface area contributed by atoms with Crippen LogP contribution in [0.5, 0.6) is 0 Å². The number of aryl methyl sites for hydroxylation is 2. The maximum absolute atomic E-state index is 13.0. The number of rotatable bonds is 7. The van der Waals surface area contributed by atoms with Crippen molar-refractivity contribution < 1.29 is 17.7 Å². The van der Waals surface area contributed by atoms with Crippen LogP contribution in [0, 0.1) is 13.8 Å². The van der Waals surface area contributed by atoms with Gasteiger partial charge in [-0.15, -0.1) is 0 Å². The topological polar surface area (TPSA) is 95.8 Å². The van der Waals surface area contributed by atoms with E-state index in [1.807, 2.05) is 42.2 Å². The maximum Gasteiger partial charge on any atom is 0.248 e. The maximum atomic E-state index is 13.0. The summed E-state index contributed by atoms with van der Waals surface area (Å²) in [6.07, 6.45) is 0. The average Bonchev–Trinajstić information content (AvgIpc) is 3.18. The van der Waals surface area contributed by atoms with Crippen LogP contribution in [0.15, 0.2) is 64.0 Å². The van der Waals surface area contributed by atoms with Crippen molar-refractivity contribution in [2.24, 2.45) is 0 Å². The highest BCUT2D eigenvalue weighted by molar-refractivity contribution is 7.89. The van der Waals surface area contributed by atoms with E-state index in [0.29, 0.717) is 37.6 Å². The molecule has 9 heteroatoms. The predicted octanol–water partition coefficient (Wildman–Crippen LogP) is 3.14. The Kier molecular flexibility index (Phi) is 7.16. The molecule has 0 bridgehead atoms. The average molecular weight is 483 g/mol. The highest BCUT2D eigenvalue weighted by Gasteiger charge is 2.33. The van der Waals surface area contributed by atoms with E-state index in [4.69, 9.17) is 4.52 Å². The van der Waals surface area contributed by atoms with Crippen LogP contribution < -0.4 is 5.32 Å². The summed E-state index contributed by atoms with van der Waals surface area (Å²) in [6.45, 7) is 7.01. The van der Waals surface area contributed by atoms with E-state index in [0.717, 1.165) is 16.7 Å². The molecule has 1 fully saturated rings. The Morgan fingerprint density at radius 3 is 2.21 bits per heavy atom. The Balaban J connectivity index is 1.29. The summed E-state index contributed by atoms with van der Waals surface area (Å²) in [6, 6.07) is 18.2. The van der Waals surface area contributed by atoms with Gasteiger partial charge in [0.15, 0.2) is 5.76 Å². The Morgan fingerprint density at radius 2 is 1.62 bits per heavy atom. The molecule has 0 radical (unpaired) electrons. The number of nitrogens with one attached hydrogen (secondary N) is 1. The first kappa shape index (κ1) is 24.1. The van der Waals surface area contributed by atoms with Crippen molar-refractivity contribution >= 4 is 15.9 Å². The second-order valence-electron chi connectivity index (χ2n) is 8.61. The summed E-state index contributed by atoms with van der Waals surface area (Å²) in [5, 5.41) is 6.81. The van der Waals surface area contributed by atoms with Gasteiger partial charge in [-0.25, -0.2) is 8.42 Å². The van der Waals surface area contributed by atoms with E-state index in [1.165, 1.54) is 4.31 Å². The third-order valence-electron chi connectivity index (χ3n) is 6.16. The molecule has 4 rings (SSSR count). The minimum atomic E-state index is -3.66. The normalized spacial score (nSPS) is 16.3. The Morgan fingerprint density at radius 1 is 1.00 bits per heavy atom. The molecular weight excluding hydrogens is 452 g/mol. The molecule has 1 saturated heterocycles. The molecule has 1 aromatic heterocycles. The van der Waals surface area contributed by atoms with Gasteiger partial charge in [-0.05, 0) is 37.5 Å². The molecule has 2 heterocycles. The van der Waals surface area contributed by atoms with Crippen molar-refractivity contribution in [1.29, 1.82) is 0 Å². The summed E-state index contributed by atoms with van der Waals surface area (Å²) in [4.78, 5) is 14.7. The molecule has 0 spiro atoms. The van der Waals surface area contributed by atoms with Gasteiger partial charge in [0, 0.05) is 26.2 Å². The van der Waals surface area contributed by atoms with Crippen LogP contribution in [0.4, 0.5) is 0 Å². The Bertz CT molecular complexity index is 1210. The number of sulfonamides is 1. The fourth-order valence-corrected chi connectivity index (χ4v) is 5.98. The lowest BCUT2D eigenvalue weighted by Crippen LogP contribution is -2.51. The number of hydrogen-bond donors (Lipinski definition) is 1. The first-order valence-electron chi connectivity index (χ1n) is 11.4. The molecule has 2 aromatic carbocycles. The highest BCUT2D eigenvalue weighted by Crippen LogP contribution is 2.24. The lowest BCUT2D eigenvalue weighted by atomic mass is 10.0. The molecule has 1 amide bonds. The Labute approximate surface area is 200 Å². The van der Waals surface area contributed by atoms with Crippen molar-refractivity contribution in [1.82, 2.24) is 19.7 Å². The summed E-state index contributed by atoms with van der Waals surface area (Å²) in [5.74, 6) is 0.215. The van der Waals surface area contributed by atoms with Crippen molar-refractivity contribution in [2.45, 2.75) is 31.7 Å². The molecule has 1 aliphatic rings. The molecule has 0 aliphatic carbocycles. The van der Waals surface area contributed by atoms with Gasteiger partial charge in [0.25, 0.3) is 0 Å². The third kappa shape index (κ3) is 5.22. The van der Waals surface area contributed by atoms with E-state index in [9.17, 15) is 13.2 Å². The number of carbonyl (C=O) groups excluding carboxylic acids is 1. The number of carbonyl (C=O) groups is 1. The van der Waals surface area contributed by atoms with Gasteiger partial charge in [0.05, 0.1) is 12.6 Å². The number of hydrogen-bond acceptors (Lipinski definition) is 6. The molecule has 8 nitrogen and oxygen atoms in total. The number of benzene rings is 2. The van der Waals surface area contributed by atoms with Gasteiger partial charge < -0.3 is 9.84 Å². The number of piperazine rings is 1. The molecule has 0 unspecified atom stereocenters. The second kappa shape index (κ2) is 10.1. The third-order valence-corrected chi connectivity index (χ3v) is 8.30. The smallest absolute Gasteiger partial charge is 0.248 e. The van der Waals surface area contributed by atoms with Crippen LogP contribution in [0.25, 0.3) is 11.1 Å². The summed E-state index contributed by atoms with van der Waals surface area (Å²) in [5.41, 5.74) is 3.68. The molecule has 1 aliphatic heterocycles. The second-order valence-corrected chi connectivity index (χ2v) is 10.5. The van der Waals surface area contributed by atoms with E-state index in [-0.39, 0.29) is 23.4 Å². The highest BCUT2D eigenvalue weighted by atomic mass is 32.2. The Hall–Kier alpha value is -3.01. The van der Waals surface area contributed by atoms with Gasteiger partial charge in [-0.3, -0.25) is 9.69 Å². The largest absolute Gasteiger partial charge is 0.360 e. The molecule has 1 atom stereocenters. The minimum absolute atomic E-state index is 0.0818. The van der Waals surface area contributed by atoms with Crippen molar-refractivity contribution in [3.63, 3.8) is 0 Å². The van der Waals surface area contributed by atoms with E-state index >= 15 is 0 Å². The van der Waals surface area contributed by atoms with E-state index < -0.39 is 10.0 Å². The van der Waals surface area contributed by atoms with Crippen LogP contribution >= 0.6 is 0 Å². The zero-order valence-electron chi connectivity index (χ0n) is 19.7. The predicted molar refractivity (Wildman–Crippen MR) is 130 cm³/mol. The van der Waals surface area contributed by atoms with Gasteiger partial charge >= 0.3 is 0 Å². The van der Waals surface area contributed by atoms with Crippen LogP contribution in [0.1, 0.15) is 30.0 Å². The fourth-order valence-electron chi connectivity index (χ4n) is 4.27. The summed E-state index contributed by atoms with van der Waals surface area (Å²) in [7, 11) is -3.66. The molecule has 1 N–H and O–H groups in total. The number of amides is 1. The standard InChI is InChI=1S/C25H30N4O4S/c1-18(21-9-11-23(12-10-21)22-7-5-4-6-8-22)26-24(30)17-28-13-15-29(16-14-28)34(31,32)25-19(2)27-33-20(25)3/h4-12,18H,13-17H2,1-3H3,(H,26,30)/t18-/m0/s1. The zero-order valence-corrected chi connectivity index (χ0v) is 20.5. The van der Waals surface area contributed by atoms with Gasteiger partial charge in [0.2, 0.25) is 15.9 Å².